The molecule has 0 radical (unpaired) electrons. The van der Waals surface area contributed by atoms with Gasteiger partial charge in [0.2, 0.25) is 0 Å². The van der Waals surface area contributed by atoms with Crippen LogP contribution >= 0.6 is 0 Å². The zero-order valence-corrected chi connectivity index (χ0v) is 10.7. The molecule has 0 saturated carbocycles. The van der Waals surface area contributed by atoms with Gasteiger partial charge in [-0.15, -0.1) is 0 Å². The molecule has 0 fully saturated rings. The van der Waals surface area contributed by atoms with E-state index >= 15 is 0 Å². The van der Waals surface area contributed by atoms with E-state index in [1.54, 1.807) is 12.3 Å². The van der Waals surface area contributed by atoms with Crippen molar-refractivity contribution in [3.8, 4) is 11.5 Å². The first kappa shape index (κ1) is 14.2. The summed E-state index contributed by atoms with van der Waals surface area (Å²) in [6.07, 6.45) is 1.55. The van der Waals surface area contributed by atoms with Crippen molar-refractivity contribution in [1.29, 1.82) is 0 Å². The Kier molecular flexibility index (Phi) is 5.38. The highest BCUT2D eigenvalue weighted by molar-refractivity contribution is 5.66. The topological polar surface area (TPSA) is 77.9 Å². The number of hydrogen-bond acceptors (Lipinski definition) is 6. The lowest BCUT2D eigenvalue weighted by atomic mass is 10.1. The van der Waals surface area contributed by atoms with Crippen molar-refractivity contribution in [2.45, 2.75) is 12.8 Å². The van der Waals surface area contributed by atoms with E-state index in [2.05, 4.69) is 4.98 Å². The summed E-state index contributed by atoms with van der Waals surface area (Å²) in [4.78, 5) is 14.9. The lowest BCUT2D eigenvalue weighted by Gasteiger charge is -2.17. The Hall–Kier alpha value is -1.82. The molecule has 6 heteroatoms. The molecule has 0 unspecified atom stereocenters. The number of ether oxygens (including phenoxy) is 3. The first-order valence-corrected chi connectivity index (χ1v) is 5.45. The van der Waals surface area contributed by atoms with Crippen LogP contribution in [0.15, 0.2) is 12.3 Å². The van der Waals surface area contributed by atoms with E-state index in [9.17, 15) is 9.90 Å². The maximum Gasteiger partial charge on any atom is 0.302 e. The molecule has 0 aromatic carbocycles. The van der Waals surface area contributed by atoms with Crippen LogP contribution in [-0.4, -0.2) is 43.5 Å². The largest absolute Gasteiger partial charge is 0.493 e. The molecule has 1 N–H and O–H groups in total. The van der Waals surface area contributed by atoms with Gasteiger partial charge >= 0.3 is 5.97 Å². The summed E-state index contributed by atoms with van der Waals surface area (Å²) in [5.74, 6) is 0.101. The molecule has 0 saturated heterocycles. The fourth-order valence-corrected chi connectivity index (χ4v) is 1.54. The van der Waals surface area contributed by atoms with Gasteiger partial charge in [0.15, 0.2) is 11.5 Å². The zero-order valence-electron chi connectivity index (χ0n) is 10.7. The van der Waals surface area contributed by atoms with E-state index in [1.807, 2.05) is 0 Å². The molecule has 100 valence electrons. The molecule has 0 aliphatic rings. The molecule has 18 heavy (non-hydrogen) atoms. The number of carbonyl (C=O) groups is 1. The Morgan fingerprint density at radius 1 is 1.44 bits per heavy atom. The summed E-state index contributed by atoms with van der Waals surface area (Å²) >= 11 is 0. The average Bonchev–Trinajstić information content (AvgIpc) is 2.38. The van der Waals surface area contributed by atoms with Crippen LogP contribution in [-0.2, 0) is 9.53 Å². The van der Waals surface area contributed by atoms with Gasteiger partial charge in [0, 0.05) is 19.2 Å². The van der Waals surface area contributed by atoms with Crippen LogP contribution in [0.5, 0.6) is 11.5 Å². The van der Waals surface area contributed by atoms with E-state index in [4.69, 9.17) is 14.2 Å². The highest BCUT2D eigenvalue weighted by Gasteiger charge is 2.21. The van der Waals surface area contributed by atoms with Crippen molar-refractivity contribution in [3.63, 3.8) is 0 Å². The van der Waals surface area contributed by atoms with Crippen LogP contribution in [0.25, 0.3) is 0 Å². The zero-order chi connectivity index (χ0) is 13.5. The van der Waals surface area contributed by atoms with Crippen molar-refractivity contribution in [2.24, 2.45) is 0 Å². The minimum Gasteiger partial charge on any atom is -0.493 e. The highest BCUT2D eigenvalue weighted by Crippen LogP contribution is 2.33. The molecular formula is C12H17NO5. The number of nitrogens with zero attached hydrogens (tertiary/aromatic N) is 1. The standard InChI is InChI=1S/C12H17NO5/c1-8(15)18-7-9(6-14)11-12(17-3)10(16-2)4-5-13-11/h4-5,9,14H,6-7H2,1-3H3/t9-/m0/s1. The summed E-state index contributed by atoms with van der Waals surface area (Å²) in [6, 6.07) is 1.66. The molecule has 0 amide bonds. The van der Waals surface area contributed by atoms with Crippen molar-refractivity contribution in [3.05, 3.63) is 18.0 Å². The van der Waals surface area contributed by atoms with Gasteiger partial charge in [-0.05, 0) is 0 Å². The number of methoxy groups -OCH3 is 2. The second-order valence-corrected chi connectivity index (χ2v) is 3.61. The summed E-state index contributed by atoms with van der Waals surface area (Å²) in [5.41, 5.74) is 0.501. The molecule has 0 bridgehead atoms. The third-order valence-electron chi connectivity index (χ3n) is 2.41. The van der Waals surface area contributed by atoms with Crippen LogP contribution in [0.3, 0.4) is 0 Å². The number of carbonyl (C=O) groups excluding carboxylic acids is 1. The van der Waals surface area contributed by atoms with E-state index in [1.165, 1.54) is 21.1 Å². The normalized spacial score (nSPS) is 11.8. The summed E-state index contributed by atoms with van der Waals surface area (Å²) < 4.78 is 15.2. The van der Waals surface area contributed by atoms with E-state index in [0.717, 1.165) is 0 Å². The van der Waals surface area contributed by atoms with Crippen molar-refractivity contribution >= 4 is 5.97 Å². The van der Waals surface area contributed by atoms with E-state index in [0.29, 0.717) is 17.2 Å². The number of hydrogen-bond donors (Lipinski definition) is 1. The van der Waals surface area contributed by atoms with Crippen LogP contribution in [0.1, 0.15) is 18.5 Å². The Labute approximate surface area is 106 Å². The molecule has 0 spiro atoms. The van der Waals surface area contributed by atoms with Gasteiger partial charge in [0.05, 0.1) is 32.4 Å². The number of aliphatic hydroxyl groups excluding tert-OH is 1. The average molecular weight is 255 g/mol. The number of esters is 1. The minimum absolute atomic E-state index is 0.0440. The van der Waals surface area contributed by atoms with Gasteiger partial charge in [-0.3, -0.25) is 9.78 Å². The van der Waals surface area contributed by atoms with Crippen molar-refractivity contribution < 1.29 is 24.1 Å². The number of rotatable bonds is 6. The minimum atomic E-state index is -0.445. The fourth-order valence-electron chi connectivity index (χ4n) is 1.54. The molecule has 1 aromatic heterocycles. The van der Waals surface area contributed by atoms with Gasteiger partial charge in [0.25, 0.3) is 0 Å². The molecule has 1 atom stereocenters. The van der Waals surface area contributed by atoms with Gasteiger partial charge < -0.3 is 19.3 Å². The van der Waals surface area contributed by atoms with Crippen molar-refractivity contribution in [1.82, 2.24) is 4.98 Å². The third-order valence-corrected chi connectivity index (χ3v) is 2.41. The number of aliphatic hydroxyl groups is 1. The van der Waals surface area contributed by atoms with Gasteiger partial charge in [-0.2, -0.15) is 0 Å². The summed E-state index contributed by atoms with van der Waals surface area (Å²) in [5, 5.41) is 9.35. The SMILES string of the molecule is COc1ccnc([C@@H](CO)COC(C)=O)c1OC. The molecule has 6 nitrogen and oxygen atoms in total. The first-order valence-electron chi connectivity index (χ1n) is 5.45. The van der Waals surface area contributed by atoms with Gasteiger partial charge in [-0.1, -0.05) is 0 Å². The quantitative estimate of drug-likeness (QED) is 0.755. The third kappa shape index (κ3) is 3.33. The van der Waals surface area contributed by atoms with Crippen LogP contribution in [0.4, 0.5) is 0 Å². The molecule has 0 aliphatic carbocycles. The van der Waals surface area contributed by atoms with Crippen LogP contribution in [0.2, 0.25) is 0 Å². The van der Waals surface area contributed by atoms with E-state index in [-0.39, 0.29) is 13.2 Å². The highest BCUT2D eigenvalue weighted by atomic mass is 16.5. The molecule has 0 aliphatic heterocycles. The Morgan fingerprint density at radius 2 is 2.17 bits per heavy atom. The monoisotopic (exact) mass is 255 g/mol. The lowest BCUT2D eigenvalue weighted by molar-refractivity contribution is -0.141. The maximum atomic E-state index is 10.8. The summed E-state index contributed by atoms with van der Waals surface area (Å²) in [7, 11) is 3.00. The van der Waals surface area contributed by atoms with Crippen LogP contribution in [0, 0.1) is 0 Å². The first-order chi connectivity index (χ1) is 8.63. The summed E-state index contributed by atoms with van der Waals surface area (Å²) in [6.45, 7) is 1.15. The number of pyridine rings is 1. The molecule has 1 aromatic rings. The van der Waals surface area contributed by atoms with Gasteiger partial charge in [0.1, 0.15) is 6.61 Å². The predicted molar refractivity (Wildman–Crippen MR) is 63.8 cm³/mol. The Morgan fingerprint density at radius 3 is 2.67 bits per heavy atom. The Balaban J connectivity index is 3.00. The lowest BCUT2D eigenvalue weighted by Crippen LogP contribution is -2.16. The van der Waals surface area contributed by atoms with Crippen LogP contribution < -0.4 is 9.47 Å². The van der Waals surface area contributed by atoms with E-state index < -0.39 is 11.9 Å². The molecule has 1 heterocycles. The molecular weight excluding hydrogens is 238 g/mol. The fraction of sp³-hybridized carbons (Fsp3) is 0.500. The Bertz CT molecular complexity index is 407. The maximum absolute atomic E-state index is 10.8. The second kappa shape index (κ2) is 6.80. The predicted octanol–water partition coefficient (Wildman–Crippen LogP) is 0.738. The second-order valence-electron chi connectivity index (χ2n) is 3.61. The van der Waals surface area contributed by atoms with Gasteiger partial charge in [-0.25, -0.2) is 0 Å². The number of aromatic nitrogens is 1. The smallest absolute Gasteiger partial charge is 0.302 e. The molecule has 1 rings (SSSR count). The van der Waals surface area contributed by atoms with Crippen molar-refractivity contribution in [2.75, 3.05) is 27.4 Å².